The Labute approximate surface area is 156 Å². The molecule has 0 aromatic heterocycles. The molecule has 3 rings (SSSR count). The first-order chi connectivity index (χ1) is 12.8. The van der Waals surface area contributed by atoms with E-state index in [-0.39, 0.29) is 12.1 Å². The van der Waals surface area contributed by atoms with Gasteiger partial charge in [0.25, 0.3) is 0 Å². The lowest BCUT2D eigenvalue weighted by molar-refractivity contribution is 0.0941. The Balaban J connectivity index is 1.62. The quantitative estimate of drug-likeness (QED) is 0.848. The lowest BCUT2D eigenvalue weighted by atomic mass is 9.96. The Morgan fingerprint density at radius 3 is 2.31 bits per heavy atom. The second-order valence-electron chi connectivity index (χ2n) is 6.78. The minimum absolute atomic E-state index is 0.185. The number of piperidine rings is 1. The second-order valence-corrected chi connectivity index (χ2v) is 6.78. The first-order valence-electron chi connectivity index (χ1n) is 9.53. The maximum atomic E-state index is 11.9. The molecule has 0 aliphatic carbocycles. The summed E-state index contributed by atoms with van der Waals surface area (Å²) in [5, 5.41) is 3.83. The molecule has 1 N–H and O–H groups in total. The van der Waals surface area contributed by atoms with E-state index < -0.39 is 0 Å². The van der Waals surface area contributed by atoms with Crippen LogP contribution >= 0.6 is 0 Å². The molecule has 1 fully saturated rings. The maximum Gasteiger partial charge on any atom is 0.409 e. The molecule has 1 aliphatic heterocycles. The summed E-state index contributed by atoms with van der Waals surface area (Å²) in [6, 6.07) is 21.9. The summed E-state index contributed by atoms with van der Waals surface area (Å²) >= 11 is 0. The Bertz CT molecular complexity index is 667. The maximum absolute atomic E-state index is 11.9. The molecule has 0 saturated carbocycles. The molecule has 0 spiro atoms. The summed E-state index contributed by atoms with van der Waals surface area (Å²) in [6.07, 6.45) is 2.69. The van der Waals surface area contributed by atoms with Gasteiger partial charge < -0.3 is 15.0 Å². The van der Waals surface area contributed by atoms with Crippen LogP contribution < -0.4 is 5.32 Å². The molecule has 2 aromatic rings. The summed E-state index contributed by atoms with van der Waals surface area (Å²) in [4.78, 5) is 13.7. The number of carbonyl (C=O) groups excluding carboxylic acids is 1. The van der Waals surface area contributed by atoms with E-state index in [0.29, 0.717) is 12.6 Å². The first-order valence-corrected chi connectivity index (χ1v) is 9.53. The number of ether oxygens (including phenoxy) is 1. The van der Waals surface area contributed by atoms with Crippen molar-refractivity contribution in [3.05, 3.63) is 71.8 Å². The molecule has 1 saturated heterocycles. The number of hydrogen-bond acceptors (Lipinski definition) is 3. The van der Waals surface area contributed by atoms with E-state index in [4.69, 9.17) is 4.74 Å². The van der Waals surface area contributed by atoms with Crippen molar-refractivity contribution in [2.75, 3.05) is 19.7 Å². The van der Waals surface area contributed by atoms with Gasteiger partial charge in [-0.25, -0.2) is 4.79 Å². The Hall–Kier alpha value is -2.33. The van der Waals surface area contributed by atoms with Crippen molar-refractivity contribution >= 4 is 6.09 Å². The van der Waals surface area contributed by atoms with E-state index in [2.05, 4.69) is 66.0 Å². The van der Waals surface area contributed by atoms with Crippen LogP contribution in [0.3, 0.4) is 0 Å². The molecule has 1 atom stereocenters. The zero-order valence-corrected chi connectivity index (χ0v) is 15.4. The van der Waals surface area contributed by atoms with Gasteiger partial charge in [-0.1, -0.05) is 60.7 Å². The smallest absolute Gasteiger partial charge is 0.409 e. The monoisotopic (exact) mass is 352 g/mol. The minimum Gasteiger partial charge on any atom is -0.450 e. The number of hydrogen-bond donors (Lipinski definition) is 1. The van der Waals surface area contributed by atoms with Crippen LogP contribution in [0.1, 0.15) is 36.9 Å². The SMILES string of the molecule is CCOC(=O)N1CCC(N[C@@H](Cc2ccccc2)c2ccccc2)CC1. The van der Waals surface area contributed by atoms with Gasteiger partial charge in [0.1, 0.15) is 0 Å². The van der Waals surface area contributed by atoms with Gasteiger partial charge in [0.15, 0.2) is 0 Å². The highest BCUT2D eigenvalue weighted by Crippen LogP contribution is 2.22. The fourth-order valence-electron chi connectivity index (χ4n) is 3.54. The summed E-state index contributed by atoms with van der Waals surface area (Å²) in [6.45, 7) is 3.79. The lowest BCUT2D eigenvalue weighted by Gasteiger charge is -2.34. The minimum atomic E-state index is -0.185. The summed E-state index contributed by atoms with van der Waals surface area (Å²) in [5.74, 6) is 0. The van der Waals surface area contributed by atoms with Gasteiger partial charge in [-0.2, -0.15) is 0 Å². The van der Waals surface area contributed by atoms with E-state index in [0.717, 1.165) is 32.4 Å². The van der Waals surface area contributed by atoms with Gasteiger partial charge in [-0.05, 0) is 37.3 Å². The van der Waals surface area contributed by atoms with Crippen molar-refractivity contribution < 1.29 is 9.53 Å². The molecule has 4 nitrogen and oxygen atoms in total. The second kappa shape index (κ2) is 9.39. The Kier molecular flexibility index (Phi) is 6.67. The topological polar surface area (TPSA) is 41.6 Å². The van der Waals surface area contributed by atoms with E-state index in [1.807, 2.05) is 11.8 Å². The van der Waals surface area contributed by atoms with E-state index in [1.54, 1.807) is 0 Å². The fourth-order valence-corrected chi connectivity index (χ4v) is 3.54. The number of nitrogens with one attached hydrogen (secondary N) is 1. The standard InChI is InChI=1S/C22H28N2O2/c1-2-26-22(25)24-15-13-20(14-16-24)23-21(19-11-7-4-8-12-19)17-18-9-5-3-6-10-18/h3-12,20-21,23H,2,13-17H2,1H3/t21-/m0/s1. The molecule has 0 unspecified atom stereocenters. The Morgan fingerprint density at radius 2 is 1.69 bits per heavy atom. The zero-order chi connectivity index (χ0) is 18.2. The molecule has 1 heterocycles. The van der Waals surface area contributed by atoms with Gasteiger partial charge in [-0.3, -0.25) is 0 Å². The molecule has 2 aromatic carbocycles. The van der Waals surface area contributed by atoms with E-state index >= 15 is 0 Å². The van der Waals surface area contributed by atoms with Gasteiger partial charge in [0, 0.05) is 25.2 Å². The molecule has 1 aliphatic rings. The van der Waals surface area contributed by atoms with Crippen LogP contribution in [0.5, 0.6) is 0 Å². The number of nitrogens with zero attached hydrogens (tertiary/aromatic N) is 1. The molecule has 0 radical (unpaired) electrons. The molecule has 138 valence electrons. The third kappa shape index (κ3) is 5.09. The predicted molar refractivity (Wildman–Crippen MR) is 104 cm³/mol. The highest BCUT2D eigenvalue weighted by molar-refractivity contribution is 5.67. The summed E-state index contributed by atoms with van der Waals surface area (Å²) in [5.41, 5.74) is 2.64. The highest BCUT2D eigenvalue weighted by atomic mass is 16.6. The largest absolute Gasteiger partial charge is 0.450 e. The van der Waals surface area contributed by atoms with E-state index in [1.165, 1.54) is 11.1 Å². The third-order valence-corrected chi connectivity index (χ3v) is 4.94. The lowest BCUT2D eigenvalue weighted by Crippen LogP contribution is -2.46. The molecular formula is C22H28N2O2. The third-order valence-electron chi connectivity index (χ3n) is 4.94. The number of rotatable bonds is 6. The van der Waals surface area contributed by atoms with Crippen molar-refractivity contribution in [1.82, 2.24) is 10.2 Å². The average molecular weight is 352 g/mol. The molecule has 1 amide bonds. The molecular weight excluding hydrogens is 324 g/mol. The normalized spacial score (nSPS) is 16.3. The van der Waals surface area contributed by atoms with Gasteiger partial charge in [0.2, 0.25) is 0 Å². The summed E-state index contributed by atoms with van der Waals surface area (Å²) < 4.78 is 5.11. The fraction of sp³-hybridized carbons (Fsp3) is 0.409. The average Bonchev–Trinajstić information content (AvgIpc) is 2.70. The van der Waals surface area contributed by atoms with Gasteiger partial charge >= 0.3 is 6.09 Å². The zero-order valence-electron chi connectivity index (χ0n) is 15.4. The van der Waals surface area contributed by atoms with Crippen LogP contribution in [0.15, 0.2) is 60.7 Å². The molecule has 26 heavy (non-hydrogen) atoms. The van der Waals surface area contributed by atoms with E-state index in [9.17, 15) is 4.79 Å². The van der Waals surface area contributed by atoms with Crippen molar-refractivity contribution in [2.24, 2.45) is 0 Å². The van der Waals surface area contributed by atoms with Crippen LogP contribution in [-0.4, -0.2) is 36.7 Å². The Morgan fingerprint density at radius 1 is 1.08 bits per heavy atom. The van der Waals surface area contributed by atoms with Crippen molar-refractivity contribution in [3.63, 3.8) is 0 Å². The highest BCUT2D eigenvalue weighted by Gasteiger charge is 2.25. The molecule has 0 bridgehead atoms. The van der Waals surface area contributed by atoms with Gasteiger partial charge in [-0.15, -0.1) is 0 Å². The number of benzene rings is 2. The van der Waals surface area contributed by atoms with Crippen LogP contribution in [0.4, 0.5) is 4.79 Å². The van der Waals surface area contributed by atoms with Crippen LogP contribution in [-0.2, 0) is 11.2 Å². The van der Waals surface area contributed by atoms with Gasteiger partial charge in [0.05, 0.1) is 6.61 Å². The molecule has 4 heteroatoms. The number of carbonyl (C=O) groups is 1. The van der Waals surface area contributed by atoms with Crippen LogP contribution in [0, 0.1) is 0 Å². The summed E-state index contributed by atoms with van der Waals surface area (Å²) in [7, 11) is 0. The van der Waals surface area contributed by atoms with Crippen LogP contribution in [0.25, 0.3) is 0 Å². The van der Waals surface area contributed by atoms with Crippen molar-refractivity contribution in [1.29, 1.82) is 0 Å². The first kappa shape index (κ1) is 18.5. The van der Waals surface area contributed by atoms with Crippen molar-refractivity contribution in [2.45, 2.75) is 38.3 Å². The predicted octanol–water partition coefficient (Wildman–Crippen LogP) is 4.18. The number of likely N-dealkylation sites (tertiary alicyclic amines) is 1. The van der Waals surface area contributed by atoms with Crippen LogP contribution in [0.2, 0.25) is 0 Å². The number of amides is 1. The van der Waals surface area contributed by atoms with Crippen molar-refractivity contribution in [3.8, 4) is 0 Å².